The number of sulfone groups is 1. The maximum Gasteiger partial charge on any atom is 0.229 e. The lowest BCUT2D eigenvalue weighted by Gasteiger charge is -2.13. The van der Waals surface area contributed by atoms with Crippen molar-refractivity contribution in [1.29, 1.82) is 0 Å². The van der Waals surface area contributed by atoms with Crippen LogP contribution in [0.25, 0.3) is 11.0 Å². The second-order valence-electron chi connectivity index (χ2n) is 6.98. The molecule has 1 aliphatic rings. The Labute approximate surface area is 154 Å². The molecule has 0 N–H and O–H groups in total. The Kier molecular flexibility index (Phi) is 4.41. The summed E-state index contributed by atoms with van der Waals surface area (Å²) in [5.74, 6) is 0.147. The molecule has 0 spiro atoms. The van der Waals surface area contributed by atoms with Gasteiger partial charge in [-0.1, -0.05) is 54.6 Å². The highest BCUT2D eigenvalue weighted by Crippen LogP contribution is 2.32. The molecule has 5 heteroatoms. The third-order valence-corrected chi connectivity index (χ3v) is 6.84. The van der Waals surface area contributed by atoms with Crippen LogP contribution in [-0.2, 0) is 16.4 Å². The molecule has 0 amide bonds. The summed E-state index contributed by atoms with van der Waals surface area (Å²) in [6.07, 6.45) is 2.86. The van der Waals surface area contributed by atoms with E-state index in [0.717, 1.165) is 35.9 Å². The summed E-state index contributed by atoms with van der Waals surface area (Å²) in [5.41, 5.74) is 3.67. The van der Waals surface area contributed by atoms with E-state index in [-0.39, 0.29) is 16.8 Å². The topological polar surface area (TPSA) is 52.0 Å². The summed E-state index contributed by atoms with van der Waals surface area (Å²) in [5, 5.41) is 0.169. The van der Waals surface area contributed by atoms with E-state index < -0.39 is 9.84 Å². The number of imidazole rings is 1. The molecule has 3 aromatic rings. The molecule has 1 aliphatic carbocycles. The molecule has 1 aromatic heterocycles. The molecular weight excluding hydrogens is 344 g/mol. The molecule has 1 heterocycles. The van der Waals surface area contributed by atoms with Crippen LogP contribution in [0.5, 0.6) is 0 Å². The first kappa shape index (κ1) is 17.0. The van der Waals surface area contributed by atoms with E-state index in [9.17, 15) is 8.42 Å². The summed E-state index contributed by atoms with van der Waals surface area (Å²) >= 11 is 0. The van der Waals surface area contributed by atoms with E-state index in [2.05, 4.69) is 11.6 Å². The van der Waals surface area contributed by atoms with E-state index in [1.807, 2.05) is 59.2 Å². The fourth-order valence-corrected chi connectivity index (χ4v) is 5.55. The molecule has 1 unspecified atom stereocenters. The molecule has 134 valence electrons. The minimum atomic E-state index is -3.50. The van der Waals surface area contributed by atoms with Gasteiger partial charge in [0.2, 0.25) is 15.0 Å². The van der Waals surface area contributed by atoms with E-state index in [4.69, 9.17) is 0 Å². The first-order valence-electron chi connectivity index (χ1n) is 8.94. The summed E-state index contributed by atoms with van der Waals surface area (Å²) in [7, 11) is -3.50. The average molecular weight is 366 g/mol. The molecule has 0 saturated heterocycles. The average Bonchev–Trinajstić information content (AvgIpc) is 3.20. The molecule has 2 aromatic carbocycles. The van der Waals surface area contributed by atoms with Crippen molar-refractivity contribution in [2.75, 3.05) is 5.75 Å². The van der Waals surface area contributed by atoms with Crippen molar-refractivity contribution in [3.8, 4) is 0 Å². The summed E-state index contributed by atoms with van der Waals surface area (Å²) in [6, 6.07) is 17.5. The van der Waals surface area contributed by atoms with Gasteiger partial charge in [-0.3, -0.25) is 0 Å². The SMILES string of the molecule is C=C1CCCC1CS(=O)(=O)c1nc2ccccc2n1Cc1ccccc1. The van der Waals surface area contributed by atoms with Gasteiger partial charge in [-0.2, -0.15) is 0 Å². The van der Waals surface area contributed by atoms with Crippen molar-refractivity contribution in [3.05, 3.63) is 72.3 Å². The zero-order valence-electron chi connectivity index (χ0n) is 14.6. The van der Waals surface area contributed by atoms with Crippen molar-refractivity contribution in [1.82, 2.24) is 9.55 Å². The quantitative estimate of drug-likeness (QED) is 0.636. The Bertz CT molecular complexity index is 1050. The first-order valence-corrected chi connectivity index (χ1v) is 10.6. The highest BCUT2D eigenvalue weighted by atomic mass is 32.2. The van der Waals surface area contributed by atoms with E-state index in [0.29, 0.717) is 12.1 Å². The smallest absolute Gasteiger partial charge is 0.229 e. The van der Waals surface area contributed by atoms with Crippen LogP contribution in [0, 0.1) is 5.92 Å². The van der Waals surface area contributed by atoms with Crippen LogP contribution >= 0.6 is 0 Å². The molecule has 0 radical (unpaired) electrons. The molecule has 1 fully saturated rings. The van der Waals surface area contributed by atoms with Gasteiger partial charge in [-0.25, -0.2) is 13.4 Å². The number of allylic oxidation sites excluding steroid dienone is 1. The molecule has 0 aliphatic heterocycles. The molecular formula is C21H22N2O2S. The van der Waals surface area contributed by atoms with Crippen molar-refractivity contribution in [2.24, 2.45) is 5.92 Å². The Morgan fingerprint density at radius 1 is 1.08 bits per heavy atom. The third-order valence-electron chi connectivity index (χ3n) is 5.13. The number of aromatic nitrogens is 2. The number of benzene rings is 2. The van der Waals surface area contributed by atoms with Gasteiger partial charge in [0, 0.05) is 0 Å². The standard InChI is InChI=1S/C21H22N2O2S/c1-16-8-7-11-18(16)15-26(24,25)21-22-19-12-5-6-13-20(19)23(21)14-17-9-3-2-4-10-17/h2-6,9-10,12-13,18H,1,7-8,11,14-15H2. The molecule has 4 nitrogen and oxygen atoms in total. The van der Waals surface area contributed by atoms with Gasteiger partial charge in [0.05, 0.1) is 23.3 Å². The van der Waals surface area contributed by atoms with E-state index >= 15 is 0 Å². The van der Waals surface area contributed by atoms with Crippen molar-refractivity contribution in [3.63, 3.8) is 0 Å². The maximum absolute atomic E-state index is 13.2. The van der Waals surface area contributed by atoms with E-state index in [1.165, 1.54) is 0 Å². The number of rotatable bonds is 5. The lowest BCUT2D eigenvalue weighted by atomic mass is 10.1. The van der Waals surface area contributed by atoms with Crippen LogP contribution in [0.1, 0.15) is 24.8 Å². The third kappa shape index (κ3) is 3.19. The molecule has 1 atom stereocenters. The minimum Gasteiger partial charge on any atom is -0.310 e. The molecule has 26 heavy (non-hydrogen) atoms. The largest absolute Gasteiger partial charge is 0.310 e. The predicted molar refractivity (Wildman–Crippen MR) is 104 cm³/mol. The van der Waals surface area contributed by atoms with Crippen molar-refractivity contribution in [2.45, 2.75) is 31.0 Å². The van der Waals surface area contributed by atoms with Crippen LogP contribution in [0.2, 0.25) is 0 Å². The summed E-state index contributed by atoms with van der Waals surface area (Å²) in [6.45, 7) is 4.54. The number of hydrogen-bond donors (Lipinski definition) is 0. The number of nitrogens with zero attached hydrogens (tertiary/aromatic N) is 2. The van der Waals surface area contributed by atoms with Gasteiger partial charge in [0.15, 0.2) is 0 Å². The Balaban J connectivity index is 1.78. The highest BCUT2D eigenvalue weighted by Gasteiger charge is 2.30. The van der Waals surface area contributed by atoms with Crippen LogP contribution in [0.15, 0.2) is 71.9 Å². The number of hydrogen-bond acceptors (Lipinski definition) is 3. The van der Waals surface area contributed by atoms with Crippen LogP contribution < -0.4 is 0 Å². The lowest BCUT2D eigenvalue weighted by molar-refractivity contribution is 0.561. The summed E-state index contributed by atoms with van der Waals surface area (Å²) in [4.78, 5) is 4.49. The van der Waals surface area contributed by atoms with Gasteiger partial charge in [-0.05, 0) is 42.9 Å². The van der Waals surface area contributed by atoms with Gasteiger partial charge < -0.3 is 4.57 Å². The number of fused-ring (bicyclic) bond motifs is 1. The lowest BCUT2D eigenvalue weighted by Crippen LogP contribution is -2.19. The maximum atomic E-state index is 13.2. The fraction of sp³-hybridized carbons (Fsp3) is 0.286. The Hall–Kier alpha value is -2.40. The van der Waals surface area contributed by atoms with Gasteiger partial charge in [-0.15, -0.1) is 0 Å². The summed E-state index contributed by atoms with van der Waals surface area (Å²) < 4.78 is 28.2. The Morgan fingerprint density at radius 2 is 1.81 bits per heavy atom. The van der Waals surface area contributed by atoms with Crippen LogP contribution in [0.3, 0.4) is 0 Å². The van der Waals surface area contributed by atoms with E-state index in [1.54, 1.807) is 0 Å². The highest BCUT2D eigenvalue weighted by molar-refractivity contribution is 7.91. The van der Waals surface area contributed by atoms with Crippen LogP contribution in [-0.4, -0.2) is 23.7 Å². The minimum absolute atomic E-state index is 0.0463. The predicted octanol–water partition coefficient (Wildman–Crippen LogP) is 4.21. The molecule has 4 rings (SSSR count). The van der Waals surface area contributed by atoms with Crippen LogP contribution in [0.4, 0.5) is 0 Å². The zero-order valence-corrected chi connectivity index (χ0v) is 15.5. The normalized spacial score (nSPS) is 17.8. The van der Waals surface area contributed by atoms with Crippen molar-refractivity contribution < 1.29 is 8.42 Å². The second-order valence-corrected chi connectivity index (χ2v) is 8.91. The van der Waals surface area contributed by atoms with Gasteiger partial charge in [0.1, 0.15) is 0 Å². The van der Waals surface area contributed by atoms with Gasteiger partial charge >= 0.3 is 0 Å². The molecule has 1 saturated carbocycles. The van der Waals surface area contributed by atoms with Gasteiger partial charge in [0.25, 0.3) is 0 Å². The molecule has 0 bridgehead atoms. The fourth-order valence-electron chi connectivity index (χ4n) is 3.73. The number of para-hydroxylation sites is 2. The zero-order chi connectivity index (χ0) is 18.1. The Morgan fingerprint density at radius 3 is 2.54 bits per heavy atom. The monoisotopic (exact) mass is 366 g/mol. The first-order chi connectivity index (χ1) is 12.5. The second kappa shape index (κ2) is 6.72. The van der Waals surface area contributed by atoms with Crippen molar-refractivity contribution >= 4 is 20.9 Å².